The van der Waals surface area contributed by atoms with Gasteiger partial charge in [0.25, 0.3) is 0 Å². The Morgan fingerprint density at radius 2 is 1.95 bits per heavy atom. The number of carboxylic acids is 1. The predicted octanol–water partition coefficient (Wildman–Crippen LogP) is 1.76. The number of nitrogens with one attached hydrogen (secondary N) is 1. The van der Waals surface area contributed by atoms with E-state index in [9.17, 15) is 14.7 Å². The van der Waals surface area contributed by atoms with Crippen molar-refractivity contribution in [3.8, 4) is 0 Å². The van der Waals surface area contributed by atoms with Crippen LogP contribution in [0.15, 0.2) is 24.3 Å². The van der Waals surface area contributed by atoms with E-state index < -0.39 is 17.0 Å². The largest absolute Gasteiger partial charge is 0.479 e. The van der Waals surface area contributed by atoms with Gasteiger partial charge in [-0.05, 0) is 32.3 Å². The van der Waals surface area contributed by atoms with E-state index in [4.69, 9.17) is 5.11 Å². The molecule has 1 unspecified atom stereocenters. The fraction of sp³-hybridized carbons (Fsp3) is 0.529. The molecule has 0 radical (unpaired) electrons. The Morgan fingerprint density at radius 1 is 1.32 bits per heavy atom. The first-order valence-electron chi connectivity index (χ1n) is 7.59. The van der Waals surface area contributed by atoms with Crippen molar-refractivity contribution in [2.45, 2.75) is 50.5 Å². The molecule has 0 spiro atoms. The monoisotopic (exact) mass is 305 g/mol. The SMILES string of the molecule is Cc1cccc(C2(C(=O)NCC(C)(O)C(=O)O)CCCC2)c1. The molecule has 0 bridgehead atoms. The highest BCUT2D eigenvalue weighted by atomic mass is 16.4. The highest BCUT2D eigenvalue weighted by molar-refractivity contribution is 5.89. The first-order chi connectivity index (χ1) is 10.3. The van der Waals surface area contributed by atoms with E-state index in [0.29, 0.717) is 0 Å². The summed E-state index contributed by atoms with van der Waals surface area (Å²) < 4.78 is 0. The standard InChI is InChI=1S/C17H23NO4/c1-12-6-5-7-13(10-12)17(8-3-4-9-17)14(19)18-11-16(2,22)15(20)21/h5-7,10,22H,3-4,8-9,11H2,1-2H3,(H,18,19)(H,20,21). The molecule has 3 N–H and O–H groups in total. The van der Waals surface area contributed by atoms with Gasteiger partial charge in [0.15, 0.2) is 5.60 Å². The lowest BCUT2D eigenvalue weighted by molar-refractivity contribution is -0.156. The Morgan fingerprint density at radius 3 is 2.50 bits per heavy atom. The zero-order valence-electron chi connectivity index (χ0n) is 13.1. The average Bonchev–Trinajstić information content (AvgIpc) is 2.95. The fourth-order valence-corrected chi connectivity index (χ4v) is 3.07. The van der Waals surface area contributed by atoms with Crippen molar-refractivity contribution in [1.82, 2.24) is 5.32 Å². The number of hydrogen-bond acceptors (Lipinski definition) is 3. The molecule has 5 nitrogen and oxygen atoms in total. The summed E-state index contributed by atoms with van der Waals surface area (Å²) >= 11 is 0. The van der Waals surface area contributed by atoms with Crippen molar-refractivity contribution in [2.24, 2.45) is 0 Å². The third kappa shape index (κ3) is 3.14. The number of rotatable bonds is 5. The van der Waals surface area contributed by atoms with Crippen LogP contribution < -0.4 is 5.32 Å². The minimum absolute atomic E-state index is 0.197. The Kier molecular flexibility index (Phi) is 4.56. The second-order valence-corrected chi connectivity index (χ2v) is 6.42. The van der Waals surface area contributed by atoms with Crippen molar-refractivity contribution < 1.29 is 19.8 Å². The van der Waals surface area contributed by atoms with E-state index in [1.54, 1.807) is 0 Å². The van der Waals surface area contributed by atoms with Crippen LogP contribution in [0.3, 0.4) is 0 Å². The van der Waals surface area contributed by atoms with E-state index >= 15 is 0 Å². The summed E-state index contributed by atoms with van der Waals surface area (Å²) in [7, 11) is 0. The van der Waals surface area contributed by atoms with Crippen LogP contribution in [-0.2, 0) is 15.0 Å². The molecule has 0 saturated heterocycles. The highest BCUT2D eigenvalue weighted by Gasteiger charge is 2.43. The number of benzene rings is 1. The molecule has 0 aliphatic heterocycles. The number of carbonyl (C=O) groups excluding carboxylic acids is 1. The quantitative estimate of drug-likeness (QED) is 0.773. The van der Waals surface area contributed by atoms with Gasteiger partial charge < -0.3 is 15.5 Å². The topological polar surface area (TPSA) is 86.6 Å². The summed E-state index contributed by atoms with van der Waals surface area (Å²) in [6, 6.07) is 7.89. The van der Waals surface area contributed by atoms with E-state index in [0.717, 1.165) is 36.8 Å². The number of hydrogen-bond donors (Lipinski definition) is 3. The van der Waals surface area contributed by atoms with Gasteiger partial charge in [-0.25, -0.2) is 4.79 Å². The highest BCUT2D eigenvalue weighted by Crippen LogP contribution is 2.41. The summed E-state index contributed by atoms with van der Waals surface area (Å²) in [5, 5.41) is 21.3. The van der Waals surface area contributed by atoms with Crippen molar-refractivity contribution >= 4 is 11.9 Å². The van der Waals surface area contributed by atoms with Gasteiger partial charge in [0.2, 0.25) is 5.91 Å². The molecule has 1 atom stereocenters. The first-order valence-corrected chi connectivity index (χ1v) is 7.59. The molecule has 120 valence electrons. The zero-order valence-corrected chi connectivity index (χ0v) is 13.1. The molecular weight excluding hydrogens is 282 g/mol. The smallest absolute Gasteiger partial charge is 0.337 e. The van der Waals surface area contributed by atoms with E-state index in [1.165, 1.54) is 6.92 Å². The van der Waals surface area contributed by atoms with Crippen molar-refractivity contribution in [2.75, 3.05) is 6.54 Å². The Hall–Kier alpha value is -1.88. The van der Waals surface area contributed by atoms with Gasteiger partial charge >= 0.3 is 5.97 Å². The van der Waals surface area contributed by atoms with Crippen LogP contribution in [-0.4, -0.2) is 34.2 Å². The Bertz CT molecular complexity index is 574. The van der Waals surface area contributed by atoms with Crippen LogP contribution in [0.2, 0.25) is 0 Å². The van der Waals surface area contributed by atoms with Crippen LogP contribution in [0.25, 0.3) is 0 Å². The summed E-state index contributed by atoms with van der Waals surface area (Å²) in [5.74, 6) is -1.54. The Balaban J connectivity index is 2.21. The molecule has 0 aromatic heterocycles. The fourth-order valence-electron chi connectivity index (χ4n) is 3.07. The normalized spacial score (nSPS) is 19.4. The summed E-state index contributed by atoms with van der Waals surface area (Å²) in [4.78, 5) is 23.7. The molecule has 1 aromatic carbocycles. The summed E-state index contributed by atoms with van der Waals surface area (Å²) in [6.45, 7) is 2.87. The van der Waals surface area contributed by atoms with Gasteiger partial charge in [0, 0.05) is 0 Å². The van der Waals surface area contributed by atoms with Gasteiger partial charge in [-0.15, -0.1) is 0 Å². The van der Waals surface area contributed by atoms with E-state index in [1.807, 2.05) is 31.2 Å². The maximum Gasteiger partial charge on any atom is 0.337 e. The Labute approximate surface area is 130 Å². The van der Waals surface area contributed by atoms with Crippen molar-refractivity contribution in [1.29, 1.82) is 0 Å². The van der Waals surface area contributed by atoms with Gasteiger partial charge in [0.05, 0.1) is 12.0 Å². The van der Waals surface area contributed by atoms with E-state index in [2.05, 4.69) is 5.32 Å². The maximum atomic E-state index is 12.7. The van der Waals surface area contributed by atoms with Gasteiger partial charge in [-0.3, -0.25) is 4.79 Å². The second-order valence-electron chi connectivity index (χ2n) is 6.42. The molecule has 1 aliphatic carbocycles. The lowest BCUT2D eigenvalue weighted by atomic mass is 9.77. The second kappa shape index (κ2) is 6.08. The number of carboxylic acid groups (broad SMARTS) is 1. The molecule has 5 heteroatoms. The minimum atomic E-state index is -1.96. The zero-order chi connectivity index (χ0) is 16.4. The van der Waals surface area contributed by atoms with Crippen LogP contribution in [0.1, 0.15) is 43.7 Å². The average molecular weight is 305 g/mol. The number of aliphatic carboxylic acids is 1. The summed E-state index contributed by atoms with van der Waals surface area (Å²) in [6.07, 6.45) is 3.43. The molecule has 2 rings (SSSR count). The maximum absolute atomic E-state index is 12.7. The van der Waals surface area contributed by atoms with Crippen LogP contribution in [0, 0.1) is 6.92 Å². The number of aliphatic hydroxyl groups is 1. The van der Waals surface area contributed by atoms with Crippen molar-refractivity contribution in [3.63, 3.8) is 0 Å². The molecule has 0 heterocycles. The first kappa shape index (κ1) is 16.5. The third-order valence-corrected chi connectivity index (χ3v) is 4.52. The molecule has 1 aliphatic rings. The van der Waals surface area contributed by atoms with E-state index in [-0.39, 0.29) is 12.5 Å². The number of carbonyl (C=O) groups is 2. The molecule has 22 heavy (non-hydrogen) atoms. The lowest BCUT2D eigenvalue weighted by Crippen LogP contribution is -2.51. The number of aryl methyl sites for hydroxylation is 1. The molecule has 1 saturated carbocycles. The number of amides is 1. The van der Waals surface area contributed by atoms with Crippen LogP contribution >= 0.6 is 0 Å². The van der Waals surface area contributed by atoms with Crippen molar-refractivity contribution in [3.05, 3.63) is 35.4 Å². The molecular formula is C17H23NO4. The van der Waals surface area contributed by atoms with Gasteiger partial charge in [-0.1, -0.05) is 42.7 Å². The predicted molar refractivity (Wildman–Crippen MR) is 82.6 cm³/mol. The summed E-state index contributed by atoms with van der Waals surface area (Å²) in [5.41, 5.74) is -0.505. The van der Waals surface area contributed by atoms with Gasteiger partial charge in [-0.2, -0.15) is 0 Å². The third-order valence-electron chi connectivity index (χ3n) is 4.52. The molecule has 1 amide bonds. The van der Waals surface area contributed by atoms with Crippen LogP contribution in [0.5, 0.6) is 0 Å². The molecule has 1 aromatic rings. The molecule has 1 fully saturated rings. The minimum Gasteiger partial charge on any atom is -0.479 e. The van der Waals surface area contributed by atoms with Crippen LogP contribution in [0.4, 0.5) is 0 Å². The lowest BCUT2D eigenvalue weighted by Gasteiger charge is -2.30. The van der Waals surface area contributed by atoms with Gasteiger partial charge in [0.1, 0.15) is 0 Å².